The number of benzene rings is 1. The van der Waals surface area contributed by atoms with Crippen LogP contribution in [0.4, 0.5) is 0 Å². The Labute approximate surface area is 98.4 Å². The molecule has 0 bridgehead atoms. The molecule has 3 heteroatoms. The second-order valence-electron chi connectivity index (χ2n) is 3.61. The smallest absolute Gasteiger partial charge is 0.119 e. The predicted molar refractivity (Wildman–Crippen MR) is 66.8 cm³/mol. The van der Waals surface area contributed by atoms with Crippen molar-refractivity contribution in [3.63, 3.8) is 0 Å². The third-order valence-electron chi connectivity index (χ3n) is 1.95. The van der Waals surface area contributed by atoms with Gasteiger partial charge in [0.2, 0.25) is 0 Å². The van der Waals surface area contributed by atoms with Gasteiger partial charge in [0.1, 0.15) is 5.75 Å². The number of rotatable bonds is 5. The van der Waals surface area contributed by atoms with Crippen molar-refractivity contribution < 1.29 is 4.74 Å². The summed E-state index contributed by atoms with van der Waals surface area (Å²) in [6.07, 6.45) is 0. The predicted octanol–water partition coefficient (Wildman–Crippen LogP) is 3.01. The molecule has 0 spiro atoms. The number of hydrogen-bond donors (Lipinski definition) is 1. The van der Waals surface area contributed by atoms with Crippen LogP contribution in [0.5, 0.6) is 5.75 Å². The molecule has 0 amide bonds. The summed E-state index contributed by atoms with van der Waals surface area (Å²) < 4.78 is 5.37. The molecule has 15 heavy (non-hydrogen) atoms. The van der Waals surface area contributed by atoms with Crippen molar-refractivity contribution in [1.82, 2.24) is 5.32 Å². The maximum absolute atomic E-state index is 5.37. The topological polar surface area (TPSA) is 21.3 Å². The fourth-order valence-corrected chi connectivity index (χ4v) is 1.19. The first kappa shape index (κ1) is 14.3. The molecule has 0 aliphatic heterocycles. The average Bonchev–Trinajstić information content (AvgIpc) is 2.17. The molecule has 0 aliphatic carbocycles. The lowest BCUT2D eigenvalue weighted by Crippen LogP contribution is -2.21. The SMILES string of the molecule is CCOc1ccc(CNC(C)C)cc1.Cl. The van der Waals surface area contributed by atoms with Gasteiger partial charge in [-0.1, -0.05) is 26.0 Å². The van der Waals surface area contributed by atoms with Gasteiger partial charge in [-0.25, -0.2) is 0 Å². The van der Waals surface area contributed by atoms with Crippen LogP contribution >= 0.6 is 12.4 Å². The van der Waals surface area contributed by atoms with E-state index in [1.54, 1.807) is 0 Å². The molecule has 1 aromatic carbocycles. The summed E-state index contributed by atoms with van der Waals surface area (Å²) in [7, 11) is 0. The lowest BCUT2D eigenvalue weighted by atomic mass is 10.2. The normalized spacial score (nSPS) is 9.87. The molecular formula is C12H20ClNO. The van der Waals surface area contributed by atoms with E-state index in [0.717, 1.165) is 18.9 Å². The van der Waals surface area contributed by atoms with E-state index >= 15 is 0 Å². The maximum Gasteiger partial charge on any atom is 0.119 e. The largest absolute Gasteiger partial charge is 0.494 e. The zero-order chi connectivity index (χ0) is 10.4. The molecular weight excluding hydrogens is 210 g/mol. The van der Waals surface area contributed by atoms with Crippen LogP contribution in [-0.2, 0) is 6.54 Å². The van der Waals surface area contributed by atoms with E-state index in [0.29, 0.717) is 6.04 Å². The summed E-state index contributed by atoms with van der Waals surface area (Å²) in [6.45, 7) is 7.94. The van der Waals surface area contributed by atoms with Gasteiger partial charge < -0.3 is 10.1 Å². The van der Waals surface area contributed by atoms with Gasteiger partial charge in [0.25, 0.3) is 0 Å². The van der Waals surface area contributed by atoms with E-state index in [4.69, 9.17) is 4.74 Å². The summed E-state index contributed by atoms with van der Waals surface area (Å²) in [5.41, 5.74) is 1.29. The second-order valence-corrected chi connectivity index (χ2v) is 3.61. The van der Waals surface area contributed by atoms with E-state index in [2.05, 4.69) is 31.3 Å². The zero-order valence-electron chi connectivity index (χ0n) is 9.62. The molecule has 1 rings (SSSR count). The fraction of sp³-hybridized carbons (Fsp3) is 0.500. The molecule has 2 nitrogen and oxygen atoms in total. The van der Waals surface area contributed by atoms with Crippen molar-refractivity contribution >= 4 is 12.4 Å². The minimum atomic E-state index is 0. The minimum Gasteiger partial charge on any atom is -0.494 e. The Balaban J connectivity index is 0.00000196. The van der Waals surface area contributed by atoms with Crippen LogP contribution < -0.4 is 10.1 Å². The summed E-state index contributed by atoms with van der Waals surface area (Å²) in [4.78, 5) is 0. The summed E-state index contributed by atoms with van der Waals surface area (Å²) in [5, 5.41) is 3.37. The lowest BCUT2D eigenvalue weighted by molar-refractivity contribution is 0.340. The van der Waals surface area contributed by atoms with Crippen molar-refractivity contribution in [2.45, 2.75) is 33.4 Å². The van der Waals surface area contributed by atoms with Crippen molar-refractivity contribution in [2.75, 3.05) is 6.61 Å². The summed E-state index contributed by atoms with van der Waals surface area (Å²) in [5.74, 6) is 0.945. The highest BCUT2D eigenvalue weighted by Gasteiger charge is 1.96. The molecule has 0 saturated carbocycles. The van der Waals surface area contributed by atoms with Crippen LogP contribution in [0.3, 0.4) is 0 Å². The van der Waals surface area contributed by atoms with Crippen LogP contribution in [0.2, 0.25) is 0 Å². The third kappa shape index (κ3) is 5.65. The van der Waals surface area contributed by atoms with E-state index in [-0.39, 0.29) is 12.4 Å². The van der Waals surface area contributed by atoms with Crippen LogP contribution in [0.15, 0.2) is 24.3 Å². The number of hydrogen-bond acceptors (Lipinski definition) is 2. The molecule has 86 valence electrons. The number of halogens is 1. The van der Waals surface area contributed by atoms with Crippen molar-refractivity contribution in [2.24, 2.45) is 0 Å². The van der Waals surface area contributed by atoms with E-state index < -0.39 is 0 Å². The van der Waals surface area contributed by atoms with Crippen LogP contribution in [0.25, 0.3) is 0 Å². The van der Waals surface area contributed by atoms with Crippen LogP contribution in [-0.4, -0.2) is 12.6 Å². The lowest BCUT2D eigenvalue weighted by Gasteiger charge is -2.08. The Hall–Kier alpha value is -0.730. The monoisotopic (exact) mass is 229 g/mol. The first-order valence-electron chi connectivity index (χ1n) is 5.17. The van der Waals surface area contributed by atoms with E-state index in [1.807, 2.05) is 19.1 Å². The fourth-order valence-electron chi connectivity index (χ4n) is 1.19. The second kappa shape index (κ2) is 7.55. The van der Waals surface area contributed by atoms with Gasteiger partial charge in [-0.15, -0.1) is 12.4 Å². The Morgan fingerprint density at radius 3 is 2.27 bits per heavy atom. The Morgan fingerprint density at radius 2 is 1.80 bits per heavy atom. The summed E-state index contributed by atoms with van der Waals surface area (Å²) >= 11 is 0. The van der Waals surface area contributed by atoms with Gasteiger partial charge >= 0.3 is 0 Å². The molecule has 0 radical (unpaired) electrons. The van der Waals surface area contributed by atoms with Gasteiger partial charge in [-0.3, -0.25) is 0 Å². The molecule has 0 heterocycles. The Bertz CT molecular complexity index is 259. The molecule has 1 aromatic rings. The maximum atomic E-state index is 5.37. The van der Waals surface area contributed by atoms with E-state index in [9.17, 15) is 0 Å². The van der Waals surface area contributed by atoms with Crippen molar-refractivity contribution in [3.05, 3.63) is 29.8 Å². The van der Waals surface area contributed by atoms with Crippen LogP contribution in [0, 0.1) is 0 Å². The molecule has 0 aliphatic rings. The van der Waals surface area contributed by atoms with Crippen LogP contribution in [0.1, 0.15) is 26.3 Å². The van der Waals surface area contributed by atoms with Crippen molar-refractivity contribution in [3.8, 4) is 5.75 Å². The van der Waals surface area contributed by atoms with Gasteiger partial charge in [0, 0.05) is 12.6 Å². The quantitative estimate of drug-likeness (QED) is 0.838. The highest BCUT2D eigenvalue weighted by molar-refractivity contribution is 5.85. The minimum absolute atomic E-state index is 0. The van der Waals surface area contributed by atoms with Crippen molar-refractivity contribution in [1.29, 1.82) is 0 Å². The van der Waals surface area contributed by atoms with Gasteiger partial charge in [-0.2, -0.15) is 0 Å². The Morgan fingerprint density at radius 1 is 1.20 bits per heavy atom. The van der Waals surface area contributed by atoms with Gasteiger partial charge in [0.05, 0.1) is 6.61 Å². The summed E-state index contributed by atoms with van der Waals surface area (Å²) in [6, 6.07) is 8.75. The molecule has 0 saturated heterocycles. The zero-order valence-corrected chi connectivity index (χ0v) is 10.4. The van der Waals surface area contributed by atoms with E-state index in [1.165, 1.54) is 5.56 Å². The molecule has 0 fully saturated rings. The molecule has 0 atom stereocenters. The van der Waals surface area contributed by atoms with Gasteiger partial charge in [-0.05, 0) is 24.6 Å². The molecule has 0 unspecified atom stereocenters. The number of nitrogens with one attached hydrogen (secondary N) is 1. The highest BCUT2D eigenvalue weighted by atomic mass is 35.5. The first-order chi connectivity index (χ1) is 6.72. The third-order valence-corrected chi connectivity index (χ3v) is 1.95. The first-order valence-corrected chi connectivity index (χ1v) is 5.17. The highest BCUT2D eigenvalue weighted by Crippen LogP contribution is 2.11. The van der Waals surface area contributed by atoms with Gasteiger partial charge in [0.15, 0.2) is 0 Å². The average molecular weight is 230 g/mol. The number of ether oxygens (including phenoxy) is 1. The Kier molecular flexibility index (Phi) is 7.18. The molecule has 0 aromatic heterocycles. The molecule has 1 N–H and O–H groups in total. The standard InChI is InChI=1S/C12H19NO.ClH/c1-4-14-12-7-5-11(6-8-12)9-13-10(2)3;/h5-8,10,13H,4,9H2,1-3H3;1H.